The number of benzene rings is 1. The van der Waals surface area contributed by atoms with Gasteiger partial charge in [0, 0.05) is 30.2 Å². The molecular weight excluding hydrogens is 562 g/mol. The van der Waals surface area contributed by atoms with E-state index in [2.05, 4.69) is 15.0 Å². The molecule has 0 atom stereocenters. The molecule has 3 aromatic heterocycles. The Kier molecular flexibility index (Phi) is 12.2. The van der Waals surface area contributed by atoms with Crippen LogP contribution >= 0.6 is 23.4 Å². The third-order valence-corrected chi connectivity index (χ3v) is 7.64. The van der Waals surface area contributed by atoms with Gasteiger partial charge >= 0.3 is 0 Å². The van der Waals surface area contributed by atoms with Crippen molar-refractivity contribution in [2.24, 2.45) is 0 Å². The number of furan rings is 1. The highest BCUT2D eigenvalue weighted by Gasteiger charge is 2.25. The smallest absolute Gasteiger partial charge is 0.297 e. The maximum absolute atomic E-state index is 13.1. The van der Waals surface area contributed by atoms with Crippen LogP contribution in [-0.4, -0.2) is 51.1 Å². The fourth-order valence-corrected chi connectivity index (χ4v) is 5.90. The van der Waals surface area contributed by atoms with E-state index in [1.54, 1.807) is 12.3 Å². The van der Waals surface area contributed by atoms with Crippen molar-refractivity contribution in [1.29, 1.82) is 0 Å². The SMILES string of the molecule is CC.FC(F)c1nc(N2CCCC2)c2oc3ccccc3c2n1.O=CO.O=c1[nH]cc(Cl)cc1C1CCSCC1. The third-order valence-electron chi connectivity index (χ3n) is 6.38. The summed E-state index contributed by atoms with van der Waals surface area (Å²) in [4.78, 5) is 32.6. The van der Waals surface area contributed by atoms with E-state index < -0.39 is 12.2 Å². The number of aromatic amines is 1. The van der Waals surface area contributed by atoms with Crippen LogP contribution in [0.2, 0.25) is 5.02 Å². The van der Waals surface area contributed by atoms with Crippen LogP contribution in [0, 0.1) is 0 Å². The Labute approximate surface area is 240 Å². The lowest BCUT2D eigenvalue weighted by molar-refractivity contribution is -0.122. The summed E-state index contributed by atoms with van der Waals surface area (Å²) in [6, 6.07) is 9.14. The monoisotopic (exact) mass is 594 g/mol. The largest absolute Gasteiger partial charge is 0.483 e. The molecule has 2 aliphatic heterocycles. The first-order chi connectivity index (χ1) is 19.4. The Morgan fingerprint density at radius 1 is 1.18 bits per heavy atom. The summed E-state index contributed by atoms with van der Waals surface area (Å²) in [7, 11) is 0. The van der Waals surface area contributed by atoms with Gasteiger partial charge < -0.3 is 19.4 Å². The zero-order chi connectivity index (χ0) is 29.1. The minimum absolute atomic E-state index is 0.0197. The topological polar surface area (TPSA) is 112 Å². The fourth-order valence-electron chi connectivity index (χ4n) is 4.62. The van der Waals surface area contributed by atoms with Crippen molar-refractivity contribution in [3.8, 4) is 0 Å². The number of fused-ring (bicyclic) bond motifs is 3. The van der Waals surface area contributed by atoms with Gasteiger partial charge in [-0.25, -0.2) is 18.7 Å². The predicted molar refractivity (Wildman–Crippen MR) is 157 cm³/mol. The molecule has 0 spiro atoms. The van der Waals surface area contributed by atoms with Gasteiger partial charge in [-0.05, 0) is 61.3 Å². The average Bonchev–Trinajstić information content (AvgIpc) is 3.65. The van der Waals surface area contributed by atoms with Crippen LogP contribution in [0.4, 0.5) is 14.6 Å². The zero-order valence-electron chi connectivity index (χ0n) is 22.4. The number of para-hydroxylation sites is 1. The van der Waals surface area contributed by atoms with E-state index in [0.29, 0.717) is 33.4 Å². The highest BCUT2D eigenvalue weighted by Crippen LogP contribution is 2.35. The first-order valence-corrected chi connectivity index (χ1v) is 14.7. The van der Waals surface area contributed by atoms with Gasteiger partial charge in [-0.2, -0.15) is 11.8 Å². The molecule has 2 aliphatic rings. The number of thioether (sulfide) groups is 1. The number of anilines is 1. The second-order valence-electron chi connectivity index (χ2n) is 8.77. The average molecular weight is 595 g/mol. The van der Waals surface area contributed by atoms with Gasteiger partial charge in [0.05, 0.1) is 5.02 Å². The van der Waals surface area contributed by atoms with E-state index in [0.717, 1.165) is 61.2 Å². The Morgan fingerprint density at radius 3 is 2.48 bits per heavy atom. The summed E-state index contributed by atoms with van der Waals surface area (Å²) in [5, 5.41) is 8.26. The quantitative estimate of drug-likeness (QED) is 0.238. The first-order valence-electron chi connectivity index (χ1n) is 13.2. The summed E-state index contributed by atoms with van der Waals surface area (Å²) in [6.07, 6.45) is 3.11. The van der Waals surface area contributed by atoms with Crippen molar-refractivity contribution >= 4 is 57.7 Å². The van der Waals surface area contributed by atoms with E-state index in [1.807, 2.05) is 54.8 Å². The minimum Gasteiger partial charge on any atom is -0.483 e. The molecule has 0 aliphatic carbocycles. The molecule has 0 bridgehead atoms. The van der Waals surface area contributed by atoms with Gasteiger partial charge in [0.1, 0.15) is 11.1 Å². The van der Waals surface area contributed by atoms with E-state index in [9.17, 15) is 13.6 Å². The molecule has 216 valence electrons. The lowest BCUT2D eigenvalue weighted by atomic mass is 9.95. The number of H-pyrrole nitrogens is 1. The molecule has 0 amide bonds. The number of carbonyl (C=O) groups is 1. The molecule has 8 nitrogen and oxygen atoms in total. The molecule has 1 aromatic carbocycles. The van der Waals surface area contributed by atoms with Gasteiger partial charge in [-0.1, -0.05) is 37.6 Å². The molecular formula is C28H33ClF2N4O4S. The lowest BCUT2D eigenvalue weighted by Crippen LogP contribution is -2.20. The highest BCUT2D eigenvalue weighted by atomic mass is 35.5. The number of alkyl halides is 2. The number of carboxylic acid groups (broad SMARTS) is 1. The standard InChI is InChI=1S/C15H13F2N3O.C10H12ClNOS.C2H6.CH2O2/c16-13(17)14-18-11-9-5-1-2-6-10(9)21-12(11)15(19-14)20-7-3-4-8-20;11-8-5-9(10(13)12-6-8)7-1-3-14-4-2-7;1-2;2-1-3/h1-2,5-6,13H,3-4,7-8H2;5-7H,1-4H2,(H,12,13);1-2H3;1H,(H,2,3). The van der Waals surface area contributed by atoms with E-state index >= 15 is 0 Å². The van der Waals surface area contributed by atoms with E-state index in [4.69, 9.17) is 25.9 Å². The van der Waals surface area contributed by atoms with Crippen LogP contribution in [0.3, 0.4) is 0 Å². The Bertz CT molecular complexity index is 1440. The molecule has 4 aromatic rings. The summed E-state index contributed by atoms with van der Waals surface area (Å²) in [6.45, 7) is 5.37. The van der Waals surface area contributed by atoms with Crippen LogP contribution < -0.4 is 10.5 Å². The van der Waals surface area contributed by atoms with Crippen molar-refractivity contribution in [2.75, 3.05) is 29.5 Å². The number of aromatic nitrogens is 3. The van der Waals surface area contributed by atoms with Crippen molar-refractivity contribution in [3.05, 3.63) is 63.3 Å². The van der Waals surface area contributed by atoms with Gasteiger partial charge in [0.25, 0.3) is 18.5 Å². The maximum Gasteiger partial charge on any atom is 0.297 e. The van der Waals surface area contributed by atoms with Gasteiger partial charge in [-0.15, -0.1) is 0 Å². The summed E-state index contributed by atoms with van der Waals surface area (Å²) in [5.41, 5.74) is 2.50. The lowest BCUT2D eigenvalue weighted by Gasteiger charge is -2.20. The highest BCUT2D eigenvalue weighted by molar-refractivity contribution is 7.99. The molecule has 0 radical (unpaired) electrons. The van der Waals surface area contributed by atoms with Crippen LogP contribution in [-0.2, 0) is 4.79 Å². The number of hydrogen-bond donors (Lipinski definition) is 2. The Morgan fingerprint density at radius 2 is 1.82 bits per heavy atom. The fraction of sp³-hybridized carbons (Fsp3) is 0.429. The van der Waals surface area contributed by atoms with Crippen LogP contribution in [0.15, 0.2) is 45.7 Å². The second-order valence-corrected chi connectivity index (χ2v) is 10.4. The number of hydrogen-bond acceptors (Lipinski definition) is 7. The molecule has 0 saturated carbocycles. The molecule has 5 heterocycles. The molecule has 2 N–H and O–H groups in total. The Balaban J connectivity index is 0.000000202. The van der Waals surface area contributed by atoms with Crippen molar-refractivity contribution in [2.45, 2.75) is 51.9 Å². The van der Waals surface area contributed by atoms with Gasteiger partial charge in [0.2, 0.25) is 0 Å². The normalized spacial score (nSPS) is 15.1. The van der Waals surface area contributed by atoms with Crippen LogP contribution in [0.1, 0.15) is 63.3 Å². The summed E-state index contributed by atoms with van der Waals surface area (Å²) >= 11 is 7.82. The number of pyridine rings is 1. The minimum atomic E-state index is -2.69. The second kappa shape index (κ2) is 15.6. The third kappa shape index (κ3) is 7.72. The molecule has 12 heteroatoms. The molecule has 2 saturated heterocycles. The van der Waals surface area contributed by atoms with Crippen LogP contribution in [0.5, 0.6) is 0 Å². The van der Waals surface area contributed by atoms with E-state index in [-0.39, 0.29) is 12.0 Å². The molecule has 6 rings (SSSR count). The van der Waals surface area contributed by atoms with Crippen LogP contribution in [0.25, 0.3) is 22.1 Å². The number of nitrogens with one attached hydrogen (secondary N) is 1. The van der Waals surface area contributed by atoms with Crippen molar-refractivity contribution in [1.82, 2.24) is 15.0 Å². The van der Waals surface area contributed by atoms with E-state index in [1.165, 1.54) is 0 Å². The Hall–Kier alpha value is -3.18. The van der Waals surface area contributed by atoms with Gasteiger partial charge in [0.15, 0.2) is 17.2 Å². The number of nitrogens with zero attached hydrogens (tertiary/aromatic N) is 3. The van der Waals surface area contributed by atoms with Crippen molar-refractivity contribution < 1.29 is 23.1 Å². The first kappa shape index (κ1) is 31.3. The number of rotatable bonds is 3. The predicted octanol–water partition coefficient (Wildman–Crippen LogP) is 7.28. The zero-order valence-corrected chi connectivity index (χ0v) is 24.0. The summed E-state index contributed by atoms with van der Waals surface area (Å²) < 4.78 is 32.0. The number of halogens is 3. The summed E-state index contributed by atoms with van der Waals surface area (Å²) in [5.74, 6) is 2.76. The molecule has 2 fully saturated rings. The molecule has 0 unspecified atom stereocenters. The maximum atomic E-state index is 13.1. The van der Waals surface area contributed by atoms with Crippen molar-refractivity contribution in [3.63, 3.8) is 0 Å². The van der Waals surface area contributed by atoms with Gasteiger partial charge in [-0.3, -0.25) is 9.59 Å². The molecule has 40 heavy (non-hydrogen) atoms.